The molecular weight excluding hydrogens is 238 g/mol. The van der Waals surface area contributed by atoms with Crippen molar-refractivity contribution in [3.05, 3.63) is 16.1 Å². The van der Waals surface area contributed by atoms with Crippen molar-refractivity contribution in [2.24, 2.45) is 0 Å². The Kier molecular flexibility index (Phi) is 3.93. The van der Waals surface area contributed by atoms with Crippen LogP contribution in [0.15, 0.2) is 5.38 Å². The summed E-state index contributed by atoms with van der Waals surface area (Å²) in [5, 5.41) is 38.4. The van der Waals surface area contributed by atoms with Crippen molar-refractivity contribution in [3.8, 4) is 0 Å². The standard InChI is InChI=1S/C8H9NO6S/c10-4(1-5(11)12)6(13)3-2-16-7(9-3)8(14)15/h2,4,6,10,13H,1H2,(H,11,12)(H,14,15)/p-1. The average molecular weight is 246 g/mol. The fourth-order valence-corrected chi connectivity index (χ4v) is 1.68. The molecule has 7 nitrogen and oxygen atoms in total. The second kappa shape index (κ2) is 5.01. The highest BCUT2D eigenvalue weighted by molar-refractivity contribution is 7.11. The number of nitrogens with zero attached hydrogens (tertiary/aromatic N) is 1. The summed E-state index contributed by atoms with van der Waals surface area (Å²) in [7, 11) is 0. The van der Waals surface area contributed by atoms with E-state index < -0.39 is 30.6 Å². The van der Waals surface area contributed by atoms with E-state index in [0.29, 0.717) is 0 Å². The Balaban J connectivity index is 2.75. The molecule has 0 aliphatic rings. The van der Waals surface area contributed by atoms with E-state index in [0.717, 1.165) is 11.3 Å². The molecule has 0 aromatic carbocycles. The minimum absolute atomic E-state index is 0.0852. The molecule has 2 atom stereocenters. The Morgan fingerprint density at radius 2 is 2.12 bits per heavy atom. The van der Waals surface area contributed by atoms with Crippen LogP contribution in [0.1, 0.15) is 28.0 Å². The number of carboxylic acids is 2. The van der Waals surface area contributed by atoms with Crippen LogP contribution >= 0.6 is 11.3 Å². The lowest BCUT2D eigenvalue weighted by atomic mass is 10.1. The van der Waals surface area contributed by atoms with E-state index in [1.165, 1.54) is 5.38 Å². The third-order valence-electron chi connectivity index (χ3n) is 1.75. The Labute approximate surface area is 93.6 Å². The van der Waals surface area contributed by atoms with Crippen LogP contribution < -0.4 is 5.11 Å². The summed E-state index contributed by atoms with van der Waals surface area (Å²) < 4.78 is 0. The smallest absolute Gasteiger partial charge is 0.306 e. The lowest BCUT2D eigenvalue weighted by molar-refractivity contribution is -0.255. The van der Waals surface area contributed by atoms with Crippen molar-refractivity contribution in [2.45, 2.75) is 18.6 Å². The summed E-state index contributed by atoms with van der Waals surface area (Å²) in [5.41, 5.74) is -0.0852. The average Bonchev–Trinajstić information content (AvgIpc) is 2.64. The second-order valence-electron chi connectivity index (χ2n) is 2.98. The predicted molar refractivity (Wildman–Crippen MR) is 49.7 cm³/mol. The van der Waals surface area contributed by atoms with Gasteiger partial charge in [-0.1, -0.05) is 0 Å². The maximum absolute atomic E-state index is 10.4. The number of hydrogen-bond donors (Lipinski definition) is 3. The minimum Gasteiger partial charge on any atom is -0.542 e. The highest BCUT2D eigenvalue weighted by Gasteiger charge is 2.23. The van der Waals surface area contributed by atoms with Crippen molar-refractivity contribution in [2.75, 3.05) is 0 Å². The van der Waals surface area contributed by atoms with Crippen molar-refractivity contribution < 1.29 is 30.0 Å². The van der Waals surface area contributed by atoms with Gasteiger partial charge in [0.15, 0.2) is 0 Å². The molecule has 2 unspecified atom stereocenters. The minimum atomic E-state index is -1.53. The molecule has 0 aliphatic heterocycles. The lowest BCUT2D eigenvalue weighted by Crippen LogP contribution is -2.24. The Bertz CT molecular complexity index is 403. The van der Waals surface area contributed by atoms with Gasteiger partial charge in [0.25, 0.3) is 0 Å². The number of aromatic carboxylic acids is 1. The Hall–Kier alpha value is -1.51. The zero-order valence-electron chi connectivity index (χ0n) is 7.86. The number of rotatable bonds is 5. The largest absolute Gasteiger partial charge is 0.542 e. The third-order valence-corrected chi connectivity index (χ3v) is 2.59. The fourth-order valence-electron chi connectivity index (χ4n) is 1.00. The maximum Gasteiger partial charge on any atom is 0.306 e. The SMILES string of the molecule is O=C(O)CC(O)C(O)c1csc(C(=O)[O-])n1. The number of thiazole rings is 1. The van der Waals surface area contributed by atoms with Gasteiger partial charge < -0.3 is 25.2 Å². The number of hydrogen-bond acceptors (Lipinski definition) is 7. The van der Waals surface area contributed by atoms with Gasteiger partial charge in [0.1, 0.15) is 17.1 Å². The molecular formula is C8H8NO6S-. The van der Waals surface area contributed by atoms with Crippen molar-refractivity contribution in [3.63, 3.8) is 0 Å². The molecule has 1 aromatic rings. The van der Waals surface area contributed by atoms with Crippen LogP contribution in [-0.4, -0.2) is 38.3 Å². The number of carboxylic acid groups (broad SMARTS) is 2. The molecule has 88 valence electrons. The van der Waals surface area contributed by atoms with E-state index in [4.69, 9.17) is 5.11 Å². The highest BCUT2D eigenvalue weighted by atomic mass is 32.1. The highest BCUT2D eigenvalue weighted by Crippen LogP contribution is 2.20. The van der Waals surface area contributed by atoms with Gasteiger partial charge in [-0.15, -0.1) is 11.3 Å². The third kappa shape index (κ3) is 2.99. The number of carbonyl (C=O) groups is 2. The van der Waals surface area contributed by atoms with Crippen LogP contribution in [-0.2, 0) is 4.79 Å². The molecule has 3 N–H and O–H groups in total. The summed E-state index contributed by atoms with van der Waals surface area (Å²) in [6.07, 6.45) is -3.71. The first kappa shape index (κ1) is 12.6. The van der Waals surface area contributed by atoms with Gasteiger partial charge in [-0.2, -0.15) is 0 Å². The number of aromatic nitrogens is 1. The van der Waals surface area contributed by atoms with E-state index in [1.54, 1.807) is 0 Å². The molecule has 1 rings (SSSR count). The van der Waals surface area contributed by atoms with Crippen LogP contribution in [0.3, 0.4) is 0 Å². The lowest BCUT2D eigenvalue weighted by Gasteiger charge is -2.13. The maximum atomic E-state index is 10.4. The molecule has 0 aliphatic carbocycles. The van der Waals surface area contributed by atoms with Gasteiger partial charge in [0, 0.05) is 5.38 Å². The second-order valence-corrected chi connectivity index (χ2v) is 3.83. The predicted octanol–water partition coefficient (Wildman–Crippen LogP) is -1.62. The van der Waals surface area contributed by atoms with Crippen LogP contribution in [0.25, 0.3) is 0 Å². The van der Waals surface area contributed by atoms with E-state index in [9.17, 15) is 24.9 Å². The van der Waals surface area contributed by atoms with Gasteiger partial charge in [0.2, 0.25) is 0 Å². The van der Waals surface area contributed by atoms with Gasteiger partial charge in [-0.3, -0.25) is 4.79 Å². The van der Waals surface area contributed by atoms with Gasteiger partial charge >= 0.3 is 5.97 Å². The molecule has 0 radical (unpaired) electrons. The van der Waals surface area contributed by atoms with Crippen LogP contribution in [0, 0.1) is 0 Å². The zero-order valence-corrected chi connectivity index (χ0v) is 8.68. The van der Waals surface area contributed by atoms with Gasteiger partial charge in [-0.05, 0) is 0 Å². The first-order valence-corrected chi connectivity index (χ1v) is 5.04. The molecule has 0 spiro atoms. The molecule has 0 bridgehead atoms. The van der Waals surface area contributed by atoms with Gasteiger partial charge in [-0.25, -0.2) is 4.98 Å². The van der Waals surface area contributed by atoms with E-state index in [-0.39, 0.29) is 10.7 Å². The van der Waals surface area contributed by atoms with Crippen LogP contribution in [0.5, 0.6) is 0 Å². The molecule has 0 saturated carbocycles. The quantitative estimate of drug-likeness (QED) is 0.568. The number of aliphatic hydroxyl groups is 2. The number of aliphatic carboxylic acids is 1. The zero-order chi connectivity index (χ0) is 12.3. The molecule has 0 amide bonds. The first-order chi connectivity index (χ1) is 7.41. The fraction of sp³-hybridized carbons (Fsp3) is 0.375. The van der Waals surface area contributed by atoms with Gasteiger partial charge in [0.05, 0.1) is 18.2 Å². The molecule has 0 fully saturated rings. The monoisotopic (exact) mass is 246 g/mol. The van der Waals surface area contributed by atoms with Crippen LogP contribution in [0.2, 0.25) is 0 Å². The summed E-state index contributed by atoms with van der Waals surface area (Å²) in [6, 6.07) is 0. The normalized spacial score (nSPS) is 14.4. The first-order valence-electron chi connectivity index (χ1n) is 4.16. The molecule has 1 aromatic heterocycles. The van der Waals surface area contributed by atoms with E-state index in [2.05, 4.69) is 4.98 Å². The molecule has 1 heterocycles. The molecule has 0 saturated heterocycles. The number of aliphatic hydroxyl groups excluding tert-OH is 2. The number of carbonyl (C=O) groups excluding carboxylic acids is 1. The van der Waals surface area contributed by atoms with E-state index >= 15 is 0 Å². The summed E-state index contributed by atoms with van der Waals surface area (Å²) in [4.78, 5) is 24.1. The summed E-state index contributed by atoms with van der Waals surface area (Å²) in [5.74, 6) is -2.77. The van der Waals surface area contributed by atoms with Crippen molar-refractivity contribution in [1.82, 2.24) is 4.98 Å². The van der Waals surface area contributed by atoms with E-state index in [1.807, 2.05) is 0 Å². The summed E-state index contributed by atoms with van der Waals surface area (Å²) >= 11 is 0.731. The van der Waals surface area contributed by atoms with Crippen molar-refractivity contribution in [1.29, 1.82) is 0 Å². The Morgan fingerprint density at radius 3 is 2.56 bits per heavy atom. The van der Waals surface area contributed by atoms with Crippen molar-refractivity contribution >= 4 is 23.3 Å². The molecule has 16 heavy (non-hydrogen) atoms. The molecule has 8 heteroatoms. The van der Waals surface area contributed by atoms with Crippen LogP contribution in [0.4, 0.5) is 0 Å². The summed E-state index contributed by atoms with van der Waals surface area (Å²) in [6.45, 7) is 0. The topological polar surface area (TPSA) is 131 Å². The Morgan fingerprint density at radius 1 is 1.50 bits per heavy atom.